The largest absolute Gasteiger partial charge is 0.481 e. The minimum absolute atomic E-state index is 0.0217. The first-order chi connectivity index (χ1) is 26.8. The maximum Gasteiger partial charge on any atom is 0.335 e. The zero-order chi connectivity index (χ0) is 42.9. The van der Waals surface area contributed by atoms with Gasteiger partial charge in [-0.15, -0.1) is 0 Å². The van der Waals surface area contributed by atoms with Crippen LogP contribution in [0, 0.1) is 50.2 Å². The molecule has 7 aliphatic rings. The number of carboxylic acids is 3. The number of carbonyl (C=O) groups is 4. The SMILES string of the molecule is CC1(C)[C@@H](OC2O[C@H](C(=O)O)C(O)[C@@H](O)[C@H]2O[C@@H]2OC(C(=O)O)[C@@H](O)[C@@H](O)C2O)CC[C@]2(C)[C@H]3C(=O)C=C4[C@@H]5C[C@@](C)(C(=O)O)CC[C@]5(C)CC[C@@]4(C)[C@]3(C)CC[C@@H]12. The second-order valence-corrected chi connectivity index (χ2v) is 20.6. The summed E-state index contributed by atoms with van der Waals surface area (Å²) in [4.78, 5) is 51.3. The van der Waals surface area contributed by atoms with E-state index in [1.165, 1.54) is 0 Å². The van der Waals surface area contributed by atoms with Gasteiger partial charge in [-0.3, -0.25) is 9.59 Å². The zero-order valence-corrected chi connectivity index (χ0v) is 34.4. The molecular formula is C42H62O16. The van der Waals surface area contributed by atoms with Crippen molar-refractivity contribution < 1.29 is 79.0 Å². The van der Waals surface area contributed by atoms with E-state index in [1.54, 1.807) is 0 Å². The molecule has 0 aromatic rings. The van der Waals surface area contributed by atoms with Gasteiger partial charge >= 0.3 is 17.9 Å². The summed E-state index contributed by atoms with van der Waals surface area (Å²) in [7, 11) is 0. The number of aliphatic hydroxyl groups excluding tert-OH is 5. The van der Waals surface area contributed by atoms with Crippen LogP contribution >= 0.6 is 0 Å². The van der Waals surface area contributed by atoms with E-state index in [1.807, 2.05) is 26.8 Å². The Bertz CT molecular complexity index is 1730. The molecule has 0 aromatic heterocycles. The van der Waals surface area contributed by atoms with E-state index >= 15 is 0 Å². The van der Waals surface area contributed by atoms with Crippen LogP contribution in [-0.2, 0) is 38.1 Å². The molecule has 2 heterocycles. The Balaban J connectivity index is 1.17. The van der Waals surface area contributed by atoms with Crippen molar-refractivity contribution in [1.82, 2.24) is 0 Å². The van der Waals surface area contributed by atoms with Crippen molar-refractivity contribution in [2.45, 2.75) is 174 Å². The average molecular weight is 823 g/mol. The second kappa shape index (κ2) is 14.3. The molecule has 16 heteroatoms. The summed E-state index contributed by atoms with van der Waals surface area (Å²) in [6, 6.07) is 0. The lowest BCUT2D eigenvalue weighted by molar-refractivity contribution is -0.371. The van der Waals surface area contributed by atoms with Crippen molar-refractivity contribution in [2.75, 3.05) is 0 Å². The molecule has 2 aliphatic heterocycles. The van der Waals surface area contributed by atoms with Crippen LogP contribution in [0.5, 0.6) is 0 Å². The molecule has 19 atom stereocenters. The predicted molar refractivity (Wildman–Crippen MR) is 199 cm³/mol. The third-order valence-electron chi connectivity index (χ3n) is 17.2. The molecule has 4 unspecified atom stereocenters. The minimum Gasteiger partial charge on any atom is -0.481 e. The van der Waals surface area contributed by atoms with Gasteiger partial charge in [-0.25, -0.2) is 9.59 Å². The highest BCUT2D eigenvalue weighted by Gasteiger charge is 2.71. The van der Waals surface area contributed by atoms with Gasteiger partial charge in [0.2, 0.25) is 0 Å². The van der Waals surface area contributed by atoms with Gasteiger partial charge < -0.3 is 59.8 Å². The fourth-order valence-electron chi connectivity index (χ4n) is 13.4. The number of hydrogen-bond donors (Lipinski definition) is 8. The molecule has 16 nitrogen and oxygen atoms in total. The fraction of sp³-hybridized carbons (Fsp3) is 0.857. The molecule has 0 radical (unpaired) electrons. The summed E-state index contributed by atoms with van der Waals surface area (Å²) < 4.78 is 23.4. The normalized spacial score (nSPS) is 52.6. The van der Waals surface area contributed by atoms with Crippen molar-refractivity contribution >= 4 is 23.7 Å². The number of ketones is 1. The van der Waals surface area contributed by atoms with E-state index in [4.69, 9.17) is 18.9 Å². The lowest BCUT2D eigenvalue weighted by Gasteiger charge is -2.70. The lowest BCUT2D eigenvalue weighted by atomic mass is 9.33. The zero-order valence-electron chi connectivity index (χ0n) is 34.4. The van der Waals surface area contributed by atoms with Crippen molar-refractivity contribution in [1.29, 1.82) is 0 Å². The lowest BCUT2D eigenvalue weighted by Crippen LogP contribution is -2.68. The number of aliphatic carboxylic acids is 3. The van der Waals surface area contributed by atoms with Gasteiger partial charge in [-0.05, 0) is 110 Å². The average Bonchev–Trinajstić information content (AvgIpc) is 3.13. The Morgan fingerprint density at radius 2 is 1.28 bits per heavy atom. The number of aliphatic hydroxyl groups is 5. The van der Waals surface area contributed by atoms with Gasteiger partial charge in [0.1, 0.15) is 36.6 Å². The molecular weight excluding hydrogens is 760 g/mol. The molecule has 58 heavy (non-hydrogen) atoms. The Labute approximate surface area is 337 Å². The summed E-state index contributed by atoms with van der Waals surface area (Å²) in [6.45, 7) is 14.8. The van der Waals surface area contributed by atoms with E-state index in [0.29, 0.717) is 25.7 Å². The Kier molecular flexibility index (Phi) is 10.7. The number of carboxylic acid groups (broad SMARTS) is 3. The van der Waals surface area contributed by atoms with Gasteiger partial charge in [-0.2, -0.15) is 0 Å². The quantitative estimate of drug-likeness (QED) is 0.171. The van der Waals surface area contributed by atoms with Crippen LogP contribution < -0.4 is 0 Å². The molecule has 8 N–H and O–H groups in total. The Hall–Kier alpha value is -2.54. The first kappa shape index (κ1) is 43.5. The Morgan fingerprint density at radius 3 is 1.88 bits per heavy atom. The van der Waals surface area contributed by atoms with Crippen LogP contribution in [0.4, 0.5) is 0 Å². The highest BCUT2D eigenvalue weighted by atomic mass is 16.8. The summed E-state index contributed by atoms with van der Waals surface area (Å²) in [6.07, 6.45) is -12.2. The van der Waals surface area contributed by atoms with Crippen LogP contribution in [0.25, 0.3) is 0 Å². The predicted octanol–water partition coefficient (Wildman–Crippen LogP) is 2.25. The standard InChI is InChI=1S/C42H62O16/c1-37(2)21-8-11-42(7)31(20(43)16-18-19-17-39(4,36(53)54)13-12-38(19,3)14-15-41(18,42)6)40(21,5)10-9-22(37)55-35-30(26(47)25(46)29(57-35)33(51)52)58-34-27(48)23(44)24(45)28(56-34)32(49)50/h16,19,21-31,34-35,44-48H,8-15,17H2,1-7H3,(H,49,50)(H,51,52)(H,53,54)/t19-,21-,22-,23+,24-,25?,26+,27?,28?,29-,30+,31+,34-,35?,38+,39-,40-,41+,42+/m0/s1. The highest BCUT2D eigenvalue weighted by Crippen LogP contribution is 2.75. The second-order valence-electron chi connectivity index (χ2n) is 20.6. The first-order valence-electron chi connectivity index (χ1n) is 20.7. The fourth-order valence-corrected chi connectivity index (χ4v) is 13.4. The van der Waals surface area contributed by atoms with Crippen molar-refractivity contribution in [3.05, 3.63) is 11.6 Å². The molecule has 0 bridgehead atoms. The number of ether oxygens (including phenoxy) is 4. The van der Waals surface area contributed by atoms with Crippen LogP contribution in [-0.4, -0.2) is 132 Å². The molecule has 7 rings (SSSR count). The maximum atomic E-state index is 14.8. The Morgan fingerprint density at radius 1 is 0.690 bits per heavy atom. The van der Waals surface area contributed by atoms with E-state index in [2.05, 4.69) is 27.7 Å². The molecule has 5 aliphatic carbocycles. The van der Waals surface area contributed by atoms with Gasteiger partial charge in [0, 0.05) is 5.92 Å². The number of hydrogen-bond acceptors (Lipinski definition) is 13. The van der Waals surface area contributed by atoms with Gasteiger partial charge in [0.05, 0.1) is 11.5 Å². The third-order valence-corrected chi connectivity index (χ3v) is 17.2. The van der Waals surface area contributed by atoms with E-state index in [9.17, 15) is 60.0 Å². The first-order valence-corrected chi connectivity index (χ1v) is 20.7. The molecule has 0 aromatic carbocycles. The molecule has 4 saturated carbocycles. The van der Waals surface area contributed by atoms with E-state index < -0.39 is 107 Å². The summed E-state index contributed by atoms with van der Waals surface area (Å²) in [5.74, 6) is -4.47. The monoisotopic (exact) mass is 822 g/mol. The van der Waals surface area contributed by atoms with Crippen molar-refractivity contribution in [2.24, 2.45) is 50.2 Å². The third kappa shape index (κ3) is 6.25. The summed E-state index contributed by atoms with van der Waals surface area (Å²) in [5, 5.41) is 83.0. The minimum atomic E-state index is -2.05. The molecule has 0 spiro atoms. The van der Waals surface area contributed by atoms with Crippen molar-refractivity contribution in [3.8, 4) is 0 Å². The number of rotatable bonds is 7. The van der Waals surface area contributed by atoms with E-state index in [-0.39, 0.29) is 34.4 Å². The van der Waals surface area contributed by atoms with Gasteiger partial charge in [0.15, 0.2) is 30.6 Å². The van der Waals surface area contributed by atoms with Gasteiger partial charge in [0.25, 0.3) is 0 Å². The number of allylic oxidation sites excluding steroid dienone is 2. The summed E-state index contributed by atoms with van der Waals surface area (Å²) >= 11 is 0. The molecule has 326 valence electrons. The number of carbonyl (C=O) groups excluding carboxylic acids is 1. The van der Waals surface area contributed by atoms with Crippen molar-refractivity contribution in [3.63, 3.8) is 0 Å². The molecule has 2 saturated heterocycles. The van der Waals surface area contributed by atoms with Crippen LogP contribution in [0.2, 0.25) is 0 Å². The number of fused-ring (bicyclic) bond motifs is 7. The molecule has 6 fully saturated rings. The van der Waals surface area contributed by atoms with Crippen LogP contribution in [0.3, 0.4) is 0 Å². The smallest absolute Gasteiger partial charge is 0.335 e. The topological polar surface area (TPSA) is 267 Å². The summed E-state index contributed by atoms with van der Waals surface area (Å²) in [5.41, 5.74) is -1.81. The van der Waals surface area contributed by atoms with E-state index in [0.717, 1.165) is 37.7 Å². The molecule has 0 amide bonds. The van der Waals surface area contributed by atoms with Gasteiger partial charge in [-0.1, -0.05) is 47.1 Å². The van der Waals surface area contributed by atoms with Crippen LogP contribution in [0.1, 0.15) is 106 Å². The maximum absolute atomic E-state index is 14.8. The van der Waals surface area contributed by atoms with Crippen LogP contribution in [0.15, 0.2) is 11.6 Å². The highest BCUT2D eigenvalue weighted by molar-refractivity contribution is 5.95.